The number of hydrogen-bond acceptors (Lipinski definition) is 3. The highest BCUT2D eigenvalue weighted by atomic mass is 16.1. The molecule has 0 N–H and O–H groups in total. The van der Waals surface area contributed by atoms with Crippen molar-refractivity contribution in [1.29, 1.82) is 0 Å². The standard InChI is InChI=1S/C17H26N2O2/c1-13(2)11-19-14(3)10-16(15(12-20)17(19)21)18-8-6-4-5-7-9-18/h10,12-13H,4-9,11H2,1-3H3. The molecule has 1 aliphatic rings. The first-order chi connectivity index (χ1) is 10.0. The summed E-state index contributed by atoms with van der Waals surface area (Å²) < 4.78 is 1.73. The lowest BCUT2D eigenvalue weighted by molar-refractivity contribution is 0.112. The second-order valence-corrected chi connectivity index (χ2v) is 6.41. The number of anilines is 1. The SMILES string of the molecule is Cc1cc(N2CCCCCC2)c(C=O)c(=O)n1CC(C)C. The van der Waals surface area contributed by atoms with E-state index in [2.05, 4.69) is 18.7 Å². The van der Waals surface area contributed by atoms with Gasteiger partial charge in [0.15, 0.2) is 6.29 Å². The summed E-state index contributed by atoms with van der Waals surface area (Å²) in [5.41, 5.74) is 1.95. The van der Waals surface area contributed by atoms with Crippen LogP contribution in [0.5, 0.6) is 0 Å². The molecule has 4 heteroatoms. The maximum atomic E-state index is 12.6. The molecule has 0 aliphatic carbocycles. The number of rotatable bonds is 4. The smallest absolute Gasteiger partial charge is 0.263 e. The molecule has 1 aromatic heterocycles. The summed E-state index contributed by atoms with van der Waals surface area (Å²) in [7, 11) is 0. The van der Waals surface area contributed by atoms with Crippen molar-refractivity contribution < 1.29 is 4.79 Å². The van der Waals surface area contributed by atoms with Crippen molar-refractivity contribution in [2.45, 2.75) is 53.0 Å². The monoisotopic (exact) mass is 290 g/mol. The normalized spacial score (nSPS) is 16.1. The van der Waals surface area contributed by atoms with E-state index in [0.29, 0.717) is 18.0 Å². The van der Waals surface area contributed by atoms with Gasteiger partial charge in [0, 0.05) is 25.3 Å². The molecule has 0 amide bonds. The Morgan fingerprint density at radius 3 is 2.33 bits per heavy atom. The number of pyridine rings is 1. The first-order valence-electron chi connectivity index (χ1n) is 7.99. The van der Waals surface area contributed by atoms with Crippen LogP contribution in [0, 0.1) is 12.8 Å². The molecule has 1 aromatic rings. The second-order valence-electron chi connectivity index (χ2n) is 6.41. The number of carbonyl (C=O) groups excluding carboxylic acids is 1. The molecule has 4 nitrogen and oxygen atoms in total. The first-order valence-corrected chi connectivity index (χ1v) is 7.99. The van der Waals surface area contributed by atoms with Gasteiger partial charge in [0.2, 0.25) is 0 Å². The van der Waals surface area contributed by atoms with Crippen LogP contribution in [0.2, 0.25) is 0 Å². The van der Waals surface area contributed by atoms with E-state index in [1.54, 1.807) is 4.57 Å². The van der Waals surface area contributed by atoms with Crippen molar-refractivity contribution in [2.24, 2.45) is 5.92 Å². The summed E-state index contributed by atoms with van der Waals surface area (Å²) in [6, 6.07) is 2.01. The zero-order valence-electron chi connectivity index (χ0n) is 13.4. The average Bonchev–Trinajstić information content (AvgIpc) is 2.71. The Balaban J connectivity index is 2.46. The third-order valence-electron chi connectivity index (χ3n) is 4.14. The minimum atomic E-state index is -0.141. The van der Waals surface area contributed by atoms with Gasteiger partial charge in [-0.15, -0.1) is 0 Å². The van der Waals surface area contributed by atoms with E-state index in [4.69, 9.17) is 0 Å². The molecule has 1 saturated heterocycles. The molecule has 0 saturated carbocycles. The number of nitrogens with zero attached hydrogens (tertiary/aromatic N) is 2. The lowest BCUT2D eigenvalue weighted by Crippen LogP contribution is -2.33. The van der Waals surface area contributed by atoms with Crippen LogP contribution in [0.1, 0.15) is 55.6 Å². The molecule has 2 heterocycles. The lowest BCUT2D eigenvalue weighted by atomic mass is 10.1. The van der Waals surface area contributed by atoms with Crippen LogP contribution in [0.4, 0.5) is 5.69 Å². The summed E-state index contributed by atoms with van der Waals surface area (Å²) in [5, 5.41) is 0. The van der Waals surface area contributed by atoms with E-state index in [1.807, 2.05) is 13.0 Å². The lowest BCUT2D eigenvalue weighted by Gasteiger charge is -2.25. The first kappa shape index (κ1) is 15.8. The van der Waals surface area contributed by atoms with E-state index in [9.17, 15) is 9.59 Å². The summed E-state index contributed by atoms with van der Waals surface area (Å²) in [6.45, 7) is 8.65. The van der Waals surface area contributed by atoms with E-state index in [1.165, 1.54) is 12.8 Å². The van der Waals surface area contributed by atoms with Crippen LogP contribution in [-0.2, 0) is 6.54 Å². The molecule has 0 atom stereocenters. The quantitative estimate of drug-likeness (QED) is 0.801. The number of aromatic nitrogens is 1. The summed E-state index contributed by atoms with van der Waals surface area (Å²) >= 11 is 0. The molecular formula is C17H26N2O2. The summed E-state index contributed by atoms with van der Waals surface area (Å²) in [6.07, 6.45) is 5.46. The number of hydrogen-bond donors (Lipinski definition) is 0. The van der Waals surface area contributed by atoms with Gasteiger partial charge in [-0.05, 0) is 31.7 Å². The predicted octanol–water partition coefficient (Wildman–Crippen LogP) is 3.01. The van der Waals surface area contributed by atoms with E-state index < -0.39 is 0 Å². The zero-order chi connectivity index (χ0) is 15.4. The highest BCUT2D eigenvalue weighted by Gasteiger charge is 2.19. The molecule has 21 heavy (non-hydrogen) atoms. The van der Waals surface area contributed by atoms with Crippen LogP contribution in [0.25, 0.3) is 0 Å². The van der Waals surface area contributed by atoms with Crippen molar-refractivity contribution >= 4 is 12.0 Å². The number of carbonyl (C=O) groups is 1. The van der Waals surface area contributed by atoms with E-state index >= 15 is 0 Å². The van der Waals surface area contributed by atoms with Crippen LogP contribution in [-0.4, -0.2) is 23.9 Å². The number of aldehydes is 1. The van der Waals surface area contributed by atoms with Gasteiger partial charge in [-0.2, -0.15) is 0 Å². The van der Waals surface area contributed by atoms with Crippen LogP contribution < -0.4 is 10.5 Å². The fraction of sp³-hybridized carbons (Fsp3) is 0.647. The topological polar surface area (TPSA) is 42.3 Å². The number of aryl methyl sites for hydroxylation is 1. The molecule has 116 valence electrons. The van der Waals surface area contributed by atoms with Crippen LogP contribution >= 0.6 is 0 Å². The Labute approximate surface area is 126 Å². The fourth-order valence-electron chi connectivity index (χ4n) is 3.04. The largest absolute Gasteiger partial charge is 0.371 e. The Morgan fingerprint density at radius 2 is 1.81 bits per heavy atom. The van der Waals surface area contributed by atoms with Crippen molar-refractivity contribution in [2.75, 3.05) is 18.0 Å². The molecule has 0 radical (unpaired) electrons. The summed E-state index contributed by atoms with van der Waals surface area (Å²) in [5.74, 6) is 0.380. The maximum absolute atomic E-state index is 12.6. The zero-order valence-corrected chi connectivity index (χ0v) is 13.4. The molecule has 0 spiro atoms. The Bertz CT molecular complexity index is 553. The molecule has 0 bridgehead atoms. The van der Waals surface area contributed by atoms with Gasteiger partial charge in [0.1, 0.15) is 5.56 Å². The Hall–Kier alpha value is -1.58. The summed E-state index contributed by atoms with van der Waals surface area (Å²) in [4.78, 5) is 26.3. The van der Waals surface area contributed by atoms with Gasteiger partial charge < -0.3 is 9.47 Å². The minimum absolute atomic E-state index is 0.141. The molecule has 0 unspecified atom stereocenters. The minimum Gasteiger partial charge on any atom is -0.371 e. The average molecular weight is 290 g/mol. The predicted molar refractivity (Wildman–Crippen MR) is 86.3 cm³/mol. The Kier molecular flexibility index (Phi) is 5.21. The van der Waals surface area contributed by atoms with Crippen LogP contribution in [0.3, 0.4) is 0 Å². The van der Waals surface area contributed by atoms with Crippen molar-refractivity contribution in [1.82, 2.24) is 4.57 Å². The molecule has 0 aromatic carbocycles. The molecule has 1 aliphatic heterocycles. The fourth-order valence-corrected chi connectivity index (χ4v) is 3.04. The van der Waals surface area contributed by atoms with Crippen molar-refractivity contribution in [3.63, 3.8) is 0 Å². The second kappa shape index (κ2) is 6.92. The van der Waals surface area contributed by atoms with Gasteiger partial charge in [0.05, 0.1) is 5.69 Å². The highest BCUT2D eigenvalue weighted by molar-refractivity contribution is 5.84. The van der Waals surface area contributed by atoms with Crippen molar-refractivity contribution in [3.8, 4) is 0 Å². The van der Waals surface area contributed by atoms with E-state index in [-0.39, 0.29) is 5.56 Å². The van der Waals surface area contributed by atoms with Gasteiger partial charge >= 0.3 is 0 Å². The van der Waals surface area contributed by atoms with E-state index in [0.717, 1.165) is 43.6 Å². The Morgan fingerprint density at radius 1 is 1.19 bits per heavy atom. The molecule has 2 rings (SSSR count). The van der Waals surface area contributed by atoms with Crippen LogP contribution in [0.15, 0.2) is 10.9 Å². The van der Waals surface area contributed by atoms with Crippen molar-refractivity contribution in [3.05, 3.63) is 27.7 Å². The molecular weight excluding hydrogens is 264 g/mol. The molecule has 1 fully saturated rings. The maximum Gasteiger partial charge on any atom is 0.263 e. The third kappa shape index (κ3) is 3.55. The van der Waals surface area contributed by atoms with Gasteiger partial charge in [0.25, 0.3) is 5.56 Å². The highest BCUT2D eigenvalue weighted by Crippen LogP contribution is 2.22. The third-order valence-corrected chi connectivity index (χ3v) is 4.14. The van der Waals surface area contributed by atoms with Gasteiger partial charge in [-0.1, -0.05) is 26.7 Å². The van der Waals surface area contributed by atoms with Gasteiger partial charge in [-0.25, -0.2) is 0 Å². The van der Waals surface area contributed by atoms with Gasteiger partial charge in [-0.3, -0.25) is 9.59 Å².